The molecule has 5 heteroatoms. The fourth-order valence-corrected chi connectivity index (χ4v) is 2.10. The number of nitrogens with zero attached hydrogens (tertiary/aromatic N) is 1. The Labute approximate surface area is 98.2 Å². The van der Waals surface area contributed by atoms with E-state index in [-0.39, 0.29) is 23.3 Å². The first-order valence-electron chi connectivity index (χ1n) is 5.17. The van der Waals surface area contributed by atoms with Gasteiger partial charge in [-0.3, -0.25) is 4.98 Å². The van der Waals surface area contributed by atoms with E-state index >= 15 is 0 Å². The summed E-state index contributed by atoms with van der Waals surface area (Å²) in [4.78, 5) is 4.00. The van der Waals surface area contributed by atoms with Crippen molar-refractivity contribution in [3.05, 3.63) is 22.7 Å². The molecule has 1 saturated carbocycles. The number of methoxy groups -OCH3 is 1. The molecule has 0 spiro atoms. The molecule has 1 fully saturated rings. The molecular formula is C11H13ClFNO2. The molecule has 0 radical (unpaired) electrons. The average Bonchev–Trinajstić information content (AvgIpc) is 3.09. The second-order valence-corrected chi connectivity index (χ2v) is 4.34. The number of halogens is 2. The highest BCUT2D eigenvalue weighted by molar-refractivity contribution is 6.32. The minimum absolute atomic E-state index is 0.0179. The lowest BCUT2D eigenvalue weighted by Gasteiger charge is -2.16. The van der Waals surface area contributed by atoms with Gasteiger partial charge in [-0.05, 0) is 18.8 Å². The minimum Gasteiger partial charge on any atom is -0.493 e. The van der Waals surface area contributed by atoms with Crippen molar-refractivity contribution >= 4 is 11.6 Å². The average molecular weight is 246 g/mol. The van der Waals surface area contributed by atoms with E-state index in [1.165, 1.54) is 7.11 Å². The van der Waals surface area contributed by atoms with Crippen LogP contribution < -0.4 is 4.74 Å². The van der Waals surface area contributed by atoms with Gasteiger partial charge >= 0.3 is 0 Å². The third kappa shape index (κ3) is 1.99. The predicted molar refractivity (Wildman–Crippen MR) is 58.3 cm³/mol. The van der Waals surface area contributed by atoms with Gasteiger partial charge in [-0.2, -0.15) is 0 Å². The zero-order valence-electron chi connectivity index (χ0n) is 8.91. The summed E-state index contributed by atoms with van der Waals surface area (Å²) in [5.41, 5.74) is 0.555. The van der Waals surface area contributed by atoms with Crippen molar-refractivity contribution in [1.29, 1.82) is 0 Å². The maximum absolute atomic E-state index is 13.2. The molecule has 1 aliphatic rings. The summed E-state index contributed by atoms with van der Waals surface area (Å²) in [5.74, 6) is -0.0525. The first kappa shape index (κ1) is 11.6. The van der Waals surface area contributed by atoms with Gasteiger partial charge in [-0.15, -0.1) is 0 Å². The normalized spacial score (nSPS) is 17.2. The maximum atomic E-state index is 13.2. The molecule has 2 rings (SSSR count). The first-order valence-corrected chi connectivity index (χ1v) is 5.55. The predicted octanol–water partition coefficient (Wildman–Crippen LogP) is 2.37. The Morgan fingerprint density at radius 3 is 2.88 bits per heavy atom. The SMILES string of the molecule is COc1c(C(CO)C2CC2)ncc(F)c1Cl. The number of rotatable bonds is 4. The monoisotopic (exact) mass is 245 g/mol. The van der Waals surface area contributed by atoms with Crippen LogP contribution in [0.2, 0.25) is 5.02 Å². The summed E-state index contributed by atoms with van der Waals surface area (Å²) >= 11 is 5.80. The molecule has 88 valence electrons. The number of aromatic nitrogens is 1. The molecule has 1 heterocycles. The Bertz CT molecular complexity index is 396. The highest BCUT2D eigenvalue weighted by Gasteiger charge is 2.35. The maximum Gasteiger partial charge on any atom is 0.163 e. The third-order valence-electron chi connectivity index (χ3n) is 2.90. The van der Waals surface area contributed by atoms with Crippen LogP contribution >= 0.6 is 11.6 Å². The van der Waals surface area contributed by atoms with Crippen LogP contribution in [0.4, 0.5) is 4.39 Å². The molecule has 1 atom stereocenters. The molecule has 1 unspecified atom stereocenters. The lowest BCUT2D eigenvalue weighted by Crippen LogP contribution is -2.11. The highest BCUT2D eigenvalue weighted by atomic mass is 35.5. The van der Waals surface area contributed by atoms with Gasteiger partial charge < -0.3 is 9.84 Å². The molecule has 0 bridgehead atoms. The Morgan fingerprint density at radius 2 is 2.38 bits per heavy atom. The van der Waals surface area contributed by atoms with E-state index < -0.39 is 5.82 Å². The van der Waals surface area contributed by atoms with Crippen molar-refractivity contribution in [1.82, 2.24) is 4.98 Å². The highest BCUT2D eigenvalue weighted by Crippen LogP contribution is 2.45. The van der Waals surface area contributed by atoms with Crippen molar-refractivity contribution in [2.75, 3.05) is 13.7 Å². The topological polar surface area (TPSA) is 42.4 Å². The van der Waals surface area contributed by atoms with E-state index in [1.54, 1.807) is 0 Å². The van der Waals surface area contributed by atoms with Gasteiger partial charge in [0.05, 0.1) is 25.6 Å². The molecule has 0 aliphatic heterocycles. The molecule has 16 heavy (non-hydrogen) atoms. The van der Waals surface area contributed by atoms with Crippen LogP contribution in [0.15, 0.2) is 6.20 Å². The number of hydrogen-bond donors (Lipinski definition) is 1. The second-order valence-electron chi connectivity index (χ2n) is 3.97. The standard InChI is InChI=1S/C11H13ClFNO2/c1-16-11-9(12)8(13)4-14-10(11)7(5-15)6-2-3-6/h4,6-7,15H,2-3,5H2,1H3. The van der Waals surface area contributed by atoms with E-state index in [9.17, 15) is 9.50 Å². The Hall–Kier alpha value is -0.870. The van der Waals surface area contributed by atoms with Gasteiger partial charge in [0.25, 0.3) is 0 Å². The molecular weight excluding hydrogens is 233 g/mol. The van der Waals surface area contributed by atoms with Crippen LogP contribution in [-0.2, 0) is 0 Å². The lowest BCUT2D eigenvalue weighted by molar-refractivity contribution is 0.246. The Kier molecular flexibility index (Phi) is 3.30. The van der Waals surface area contributed by atoms with Gasteiger partial charge in [0.1, 0.15) is 5.02 Å². The Balaban J connectivity index is 2.42. The van der Waals surface area contributed by atoms with Gasteiger partial charge in [-0.25, -0.2) is 4.39 Å². The molecule has 1 aromatic rings. The molecule has 0 saturated heterocycles. The van der Waals surface area contributed by atoms with Crippen LogP contribution in [0, 0.1) is 11.7 Å². The molecule has 1 aliphatic carbocycles. The van der Waals surface area contributed by atoms with Crippen molar-refractivity contribution < 1.29 is 14.2 Å². The van der Waals surface area contributed by atoms with Gasteiger partial charge in [0.15, 0.2) is 11.6 Å². The first-order chi connectivity index (χ1) is 7.69. The fourth-order valence-electron chi connectivity index (χ4n) is 1.88. The summed E-state index contributed by atoms with van der Waals surface area (Å²) < 4.78 is 18.3. The summed E-state index contributed by atoms with van der Waals surface area (Å²) in [6, 6.07) is 0. The second kappa shape index (κ2) is 4.55. The van der Waals surface area contributed by atoms with E-state index in [4.69, 9.17) is 16.3 Å². The number of aliphatic hydroxyl groups excluding tert-OH is 1. The molecule has 3 nitrogen and oxygen atoms in total. The number of hydrogen-bond acceptors (Lipinski definition) is 3. The van der Waals surface area contributed by atoms with Crippen LogP contribution in [-0.4, -0.2) is 23.8 Å². The van der Waals surface area contributed by atoms with E-state index in [1.807, 2.05) is 0 Å². The number of aliphatic hydroxyl groups is 1. The van der Waals surface area contributed by atoms with E-state index in [0.717, 1.165) is 19.0 Å². The van der Waals surface area contributed by atoms with Crippen LogP contribution in [0.25, 0.3) is 0 Å². The zero-order chi connectivity index (χ0) is 11.7. The van der Waals surface area contributed by atoms with Crippen LogP contribution in [0.3, 0.4) is 0 Å². The summed E-state index contributed by atoms with van der Waals surface area (Å²) in [6.45, 7) is -0.0179. The summed E-state index contributed by atoms with van der Waals surface area (Å²) in [7, 11) is 1.42. The van der Waals surface area contributed by atoms with E-state index in [0.29, 0.717) is 11.6 Å². The molecule has 0 amide bonds. The minimum atomic E-state index is -0.602. The molecule has 1 N–H and O–H groups in total. The van der Waals surface area contributed by atoms with Crippen molar-refractivity contribution in [3.63, 3.8) is 0 Å². The van der Waals surface area contributed by atoms with Crippen LogP contribution in [0.5, 0.6) is 5.75 Å². The molecule has 0 aromatic carbocycles. The number of pyridine rings is 1. The van der Waals surface area contributed by atoms with Crippen molar-refractivity contribution in [2.45, 2.75) is 18.8 Å². The summed E-state index contributed by atoms with van der Waals surface area (Å²) in [6.07, 6.45) is 3.20. The Morgan fingerprint density at radius 1 is 1.69 bits per heavy atom. The van der Waals surface area contributed by atoms with E-state index in [2.05, 4.69) is 4.98 Å². The van der Waals surface area contributed by atoms with Gasteiger partial charge in [0.2, 0.25) is 0 Å². The quantitative estimate of drug-likeness (QED) is 0.886. The van der Waals surface area contributed by atoms with Gasteiger partial charge in [0, 0.05) is 5.92 Å². The lowest BCUT2D eigenvalue weighted by atomic mass is 9.99. The summed E-state index contributed by atoms with van der Waals surface area (Å²) in [5, 5.41) is 9.27. The van der Waals surface area contributed by atoms with Crippen molar-refractivity contribution in [2.24, 2.45) is 5.92 Å². The van der Waals surface area contributed by atoms with Crippen LogP contribution in [0.1, 0.15) is 24.5 Å². The van der Waals surface area contributed by atoms with Crippen molar-refractivity contribution in [3.8, 4) is 5.75 Å². The fraction of sp³-hybridized carbons (Fsp3) is 0.545. The third-order valence-corrected chi connectivity index (χ3v) is 3.25. The smallest absolute Gasteiger partial charge is 0.163 e. The largest absolute Gasteiger partial charge is 0.493 e. The zero-order valence-corrected chi connectivity index (χ0v) is 9.67. The van der Waals surface area contributed by atoms with Gasteiger partial charge in [-0.1, -0.05) is 11.6 Å². The molecule has 1 aromatic heterocycles. The number of ether oxygens (including phenoxy) is 1.